The van der Waals surface area contributed by atoms with Crippen LogP contribution in [0.1, 0.15) is 52.9 Å². The van der Waals surface area contributed by atoms with Crippen molar-refractivity contribution in [1.82, 2.24) is 0 Å². The number of ether oxygens (including phenoxy) is 3. The molecule has 5 atom stereocenters. The number of fused-ring (bicyclic) bond motifs is 1. The Labute approximate surface area is 152 Å². The molecule has 0 radical (unpaired) electrons. The summed E-state index contributed by atoms with van der Waals surface area (Å²) in [5.41, 5.74) is 0. The van der Waals surface area contributed by atoms with E-state index in [2.05, 4.69) is 33.9 Å². The van der Waals surface area contributed by atoms with Crippen molar-refractivity contribution in [2.24, 2.45) is 11.8 Å². The first-order chi connectivity index (χ1) is 11.7. The average molecular weight is 371 g/mol. The van der Waals surface area contributed by atoms with Crippen LogP contribution in [0.25, 0.3) is 0 Å². The molecule has 3 fully saturated rings. The Kier molecular flexibility index (Phi) is 5.64. The largest absolute Gasteiger partial charge is 0.462 e. The first kappa shape index (κ1) is 19.3. The summed E-state index contributed by atoms with van der Waals surface area (Å²) in [5.74, 6) is 0.377. The molecule has 2 aliphatic heterocycles. The van der Waals surface area contributed by atoms with Gasteiger partial charge in [-0.15, -0.1) is 0 Å². The van der Waals surface area contributed by atoms with Gasteiger partial charge in [-0.3, -0.25) is 4.79 Å². The van der Waals surface area contributed by atoms with E-state index in [-0.39, 0.29) is 41.3 Å². The van der Waals surface area contributed by atoms with Crippen LogP contribution in [-0.4, -0.2) is 46.0 Å². The minimum absolute atomic E-state index is 0.00546. The molecule has 0 aromatic carbocycles. The second kappa shape index (κ2) is 7.29. The quantitative estimate of drug-likeness (QED) is 0.543. The van der Waals surface area contributed by atoms with Gasteiger partial charge in [0.15, 0.2) is 14.6 Å². The fourth-order valence-electron chi connectivity index (χ4n) is 3.88. The van der Waals surface area contributed by atoms with E-state index in [1.165, 1.54) is 0 Å². The van der Waals surface area contributed by atoms with Crippen molar-refractivity contribution in [3.63, 3.8) is 0 Å². The molecule has 25 heavy (non-hydrogen) atoms. The summed E-state index contributed by atoms with van der Waals surface area (Å²) in [6.45, 7) is 12.7. The maximum absolute atomic E-state index is 11.7. The second-order valence-electron chi connectivity index (χ2n) is 9.34. The van der Waals surface area contributed by atoms with Gasteiger partial charge in [-0.1, -0.05) is 20.8 Å². The molecule has 3 rings (SSSR count). The predicted octanol–water partition coefficient (Wildman–Crippen LogP) is 3.87. The predicted molar refractivity (Wildman–Crippen MR) is 97.7 cm³/mol. The molecule has 0 aromatic rings. The highest BCUT2D eigenvalue weighted by Crippen LogP contribution is 2.45. The third-order valence-corrected chi connectivity index (χ3v) is 11.1. The number of carbonyl (C=O) groups is 1. The van der Waals surface area contributed by atoms with Crippen LogP contribution >= 0.6 is 0 Å². The minimum Gasteiger partial charge on any atom is -0.462 e. The monoisotopic (exact) mass is 370 g/mol. The first-order valence-electron chi connectivity index (χ1n) is 9.78. The van der Waals surface area contributed by atoms with E-state index in [0.29, 0.717) is 13.0 Å². The van der Waals surface area contributed by atoms with E-state index >= 15 is 0 Å². The molecule has 5 unspecified atom stereocenters. The maximum Gasteiger partial charge on any atom is 0.306 e. The van der Waals surface area contributed by atoms with Gasteiger partial charge in [0.25, 0.3) is 0 Å². The molecule has 2 heterocycles. The van der Waals surface area contributed by atoms with Crippen molar-refractivity contribution in [2.75, 3.05) is 13.2 Å². The van der Waals surface area contributed by atoms with Crippen LogP contribution in [0.5, 0.6) is 0 Å². The fourth-order valence-corrected chi connectivity index (χ4v) is 4.92. The fraction of sp³-hybridized carbons (Fsp3) is 0.947. The van der Waals surface area contributed by atoms with Gasteiger partial charge in [0.2, 0.25) is 0 Å². The Morgan fingerprint density at radius 1 is 1.24 bits per heavy atom. The molecule has 144 valence electrons. The lowest BCUT2D eigenvalue weighted by atomic mass is 9.93. The van der Waals surface area contributed by atoms with Crippen LogP contribution in [0, 0.1) is 11.8 Å². The highest BCUT2D eigenvalue weighted by atomic mass is 28.4. The van der Waals surface area contributed by atoms with E-state index in [1.807, 2.05) is 0 Å². The van der Waals surface area contributed by atoms with E-state index in [0.717, 1.165) is 32.3 Å². The summed E-state index contributed by atoms with van der Waals surface area (Å²) in [6.07, 6.45) is 4.47. The molecule has 5 nitrogen and oxygen atoms in total. The lowest BCUT2D eigenvalue weighted by Crippen LogP contribution is -2.44. The third-order valence-electron chi connectivity index (χ3n) is 6.56. The van der Waals surface area contributed by atoms with Gasteiger partial charge in [0, 0.05) is 31.5 Å². The van der Waals surface area contributed by atoms with Crippen LogP contribution in [0.2, 0.25) is 18.1 Å². The zero-order valence-electron chi connectivity index (χ0n) is 16.4. The zero-order chi connectivity index (χ0) is 18.2. The second-order valence-corrected chi connectivity index (χ2v) is 14.1. The molecule has 2 saturated heterocycles. The molecule has 3 aliphatic rings. The Morgan fingerprint density at radius 3 is 2.64 bits per heavy atom. The number of hydrogen-bond acceptors (Lipinski definition) is 5. The Morgan fingerprint density at radius 2 is 2.00 bits per heavy atom. The van der Waals surface area contributed by atoms with Crippen molar-refractivity contribution in [3.05, 3.63) is 0 Å². The lowest BCUT2D eigenvalue weighted by molar-refractivity contribution is -0.198. The van der Waals surface area contributed by atoms with Crippen molar-refractivity contribution in [1.29, 1.82) is 0 Å². The highest BCUT2D eigenvalue weighted by molar-refractivity contribution is 6.74. The van der Waals surface area contributed by atoms with Gasteiger partial charge in [0.1, 0.15) is 6.10 Å². The molecular formula is C19H34O5Si. The average Bonchev–Trinajstić information content (AvgIpc) is 3.01. The van der Waals surface area contributed by atoms with Crippen LogP contribution in [0.3, 0.4) is 0 Å². The molecular weight excluding hydrogens is 336 g/mol. The molecule has 1 aliphatic carbocycles. The van der Waals surface area contributed by atoms with Crippen LogP contribution in [-0.2, 0) is 23.4 Å². The number of esters is 1. The molecule has 0 N–H and O–H groups in total. The van der Waals surface area contributed by atoms with Gasteiger partial charge in [0.05, 0.1) is 12.5 Å². The van der Waals surface area contributed by atoms with Crippen molar-refractivity contribution < 1.29 is 23.4 Å². The lowest BCUT2D eigenvalue weighted by Gasteiger charge is -2.38. The van der Waals surface area contributed by atoms with Crippen LogP contribution in [0.4, 0.5) is 0 Å². The molecule has 6 heteroatoms. The Balaban J connectivity index is 1.66. The summed E-state index contributed by atoms with van der Waals surface area (Å²) in [7, 11) is -1.83. The van der Waals surface area contributed by atoms with E-state index in [9.17, 15) is 4.79 Å². The molecule has 0 bridgehead atoms. The normalized spacial score (nSPS) is 36.4. The van der Waals surface area contributed by atoms with Gasteiger partial charge in [-0.2, -0.15) is 0 Å². The number of carbonyl (C=O) groups excluding carboxylic acids is 1. The number of hydrogen-bond donors (Lipinski definition) is 0. The SMILES string of the molecule is CC(C)(C)[Si](C)(C)OCC1C(OC2CCCCO2)CC2OC(=O)CC21. The van der Waals surface area contributed by atoms with Crippen molar-refractivity contribution in [3.8, 4) is 0 Å². The van der Waals surface area contributed by atoms with E-state index in [1.54, 1.807) is 0 Å². The van der Waals surface area contributed by atoms with Gasteiger partial charge in [-0.25, -0.2) is 0 Å². The topological polar surface area (TPSA) is 54.0 Å². The third kappa shape index (κ3) is 4.29. The van der Waals surface area contributed by atoms with Crippen LogP contribution in [0.15, 0.2) is 0 Å². The Hall–Kier alpha value is -0.433. The maximum atomic E-state index is 11.7. The first-order valence-corrected chi connectivity index (χ1v) is 12.7. The van der Waals surface area contributed by atoms with E-state index < -0.39 is 8.32 Å². The summed E-state index contributed by atoms with van der Waals surface area (Å²) in [6, 6.07) is 0. The standard InChI is InChI=1S/C19H34O5Si/c1-19(2,3)25(4,5)22-12-14-13-10-17(20)23-15(13)11-16(14)24-18-8-6-7-9-21-18/h13-16,18H,6-12H2,1-5H3. The smallest absolute Gasteiger partial charge is 0.306 e. The Bertz CT molecular complexity index is 481. The molecule has 0 aromatic heterocycles. The zero-order valence-corrected chi connectivity index (χ0v) is 17.4. The molecule has 1 saturated carbocycles. The summed E-state index contributed by atoms with van der Waals surface area (Å²) in [5, 5.41) is 0.176. The van der Waals surface area contributed by atoms with Gasteiger partial charge < -0.3 is 18.6 Å². The van der Waals surface area contributed by atoms with Gasteiger partial charge in [-0.05, 0) is 37.4 Å². The summed E-state index contributed by atoms with van der Waals surface area (Å²) in [4.78, 5) is 11.7. The highest BCUT2D eigenvalue weighted by Gasteiger charge is 2.52. The minimum atomic E-state index is -1.83. The summed E-state index contributed by atoms with van der Waals surface area (Å²) < 4.78 is 24.1. The van der Waals surface area contributed by atoms with Crippen molar-refractivity contribution in [2.45, 2.75) is 89.5 Å². The molecule has 0 amide bonds. The van der Waals surface area contributed by atoms with Gasteiger partial charge >= 0.3 is 5.97 Å². The van der Waals surface area contributed by atoms with E-state index in [4.69, 9.17) is 18.6 Å². The van der Waals surface area contributed by atoms with Crippen LogP contribution < -0.4 is 0 Å². The number of rotatable bonds is 5. The summed E-state index contributed by atoms with van der Waals surface area (Å²) >= 11 is 0. The van der Waals surface area contributed by atoms with Crippen molar-refractivity contribution >= 4 is 14.3 Å². The molecule has 0 spiro atoms.